The number of benzene rings is 3. The third-order valence-corrected chi connectivity index (χ3v) is 7.65. The van der Waals surface area contributed by atoms with Crippen LogP contribution in [0.4, 0.5) is 0 Å². The van der Waals surface area contributed by atoms with E-state index in [2.05, 4.69) is 114 Å². The summed E-state index contributed by atoms with van der Waals surface area (Å²) >= 11 is 0.373. The van der Waals surface area contributed by atoms with E-state index >= 15 is 0 Å². The molecule has 3 aromatic carbocycles. The average Bonchev–Trinajstić information content (AvgIpc) is 2.66. The molecule has 126 valence electrons. The van der Waals surface area contributed by atoms with Gasteiger partial charge in [-0.3, -0.25) is 0 Å². The van der Waals surface area contributed by atoms with E-state index in [4.69, 9.17) is 0 Å². The van der Waals surface area contributed by atoms with Crippen molar-refractivity contribution in [3.05, 3.63) is 91.0 Å². The van der Waals surface area contributed by atoms with Gasteiger partial charge in [0.25, 0.3) is 0 Å². The van der Waals surface area contributed by atoms with Crippen LogP contribution in [0.25, 0.3) is 0 Å². The van der Waals surface area contributed by atoms with Crippen molar-refractivity contribution in [2.75, 3.05) is 0 Å². The van der Waals surface area contributed by atoms with Crippen LogP contribution in [0.5, 0.6) is 0 Å². The summed E-state index contributed by atoms with van der Waals surface area (Å²) in [6, 6.07) is 32.5. The van der Waals surface area contributed by atoms with E-state index in [1.54, 1.807) is 0 Å². The van der Waals surface area contributed by atoms with Gasteiger partial charge in [-0.15, -0.1) is 0 Å². The average molecular weight is 514 g/mol. The third kappa shape index (κ3) is 5.86. The molecule has 0 nitrogen and oxygen atoms in total. The van der Waals surface area contributed by atoms with Gasteiger partial charge in [0.1, 0.15) is 15.9 Å². The maximum atomic E-state index is 2.24. The molecule has 0 saturated carbocycles. The van der Waals surface area contributed by atoms with Crippen LogP contribution in [0, 0.1) is 0 Å². The van der Waals surface area contributed by atoms with Crippen molar-refractivity contribution in [2.45, 2.75) is 13.8 Å². The molecule has 0 N–H and O–H groups in total. The summed E-state index contributed by atoms with van der Waals surface area (Å²) in [4.78, 5) is 0. The summed E-state index contributed by atoms with van der Waals surface area (Å²) in [5.74, 6) is 0. The zero-order chi connectivity index (χ0) is 17.0. The first-order valence-electron chi connectivity index (χ1n) is 8.00. The third-order valence-electron chi connectivity index (χ3n) is 3.40. The van der Waals surface area contributed by atoms with Crippen molar-refractivity contribution in [2.24, 2.45) is 0 Å². The van der Waals surface area contributed by atoms with E-state index in [-0.39, 0.29) is 0 Å². The second-order valence-corrected chi connectivity index (χ2v) is 10.8. The first kappa shape index (κ1) is 18.9. The van der Waals surface area contributed by atoms with E-state index < -0.39 is 7.92 Å². The molecule has 3 aromatic rings. The van der Waals surface area contributed by atoms with Crippen LogP contribution in [0.15, 0.2) is 91.0 Å². The van der Waals surface area contributed by atoms with Gasteiger partial charge in [-0.25, -0.2) is 0 Å². The molecule has 0 saturated heterocycles. The Balaban J connectivity index is 0.000000368. The Morgan fingerprint density at radius 2 is 0.833 bits per heavy atom. The Labute approximate surface area is 154 Å². The Bertz CT molecular complexity index is 661. The van der Waals surface area contributed by atoms with Crippen molar-refractivity contribution in [3.8, 4) is 0 Å². The largest absolute Gasteiger partial charge is 0.102 e. The fraction of sp³-hybridized carbons (Fsp3) is 0.0909. The zero-order valence-corrected chi connectivity index (χ0v) is 17.4. The fourth-order valence-corrected chi connectivity index (χ4v) is 5.75. The molecule has 0 amide bonds. The van der Waals surface area contributed by atoms with Crippen LogP contribution in [0.2, 0.25) is 0 Å². The van der Waals surface area contributed by atoms with E-state index in [0.717, 1.165) is 0 Å². The minimum absolute atomic E-state index is 0.373. The molecule has 2 heteroatoms. The normalized spacial score (nSPS) is 9.96. The molecule has 0 heterocycles. The van der Waals surface area contributed by atoms with Crippen molar-refractivity contribution < 1.29 is 17.6 Å². The number of hydrogen-bond acceptors (Lipinski definition) is 0. The first-order valence-corrected chi connectivity index (χ1v) is 12.1. The van der Waals surface area contributed by atoms with Crippen LogP contribution < -0.4 is 15.9 Å². The summed E-state index contributed by atoms with van der Waals surface area (Å²) in [6.45, 7) is 4.21. The minimum Gasteiger partial charge on any atom is -0.0620 e. The number of hydrogen-bond donors (Lipinski definition) is 0. The molecule has 0 radical (unpaired) electrons. The van der Waals surface area contributed by atoms with Gasteiger partial charge in [-0.05, 0) is 36.4 Å². The van der Waals surface area contributed by atoms with Gasteiger partial charge in [0.15, 0.2) is 0 Å². The molecular weight excluding hydrogens is 490 g/mol. The maximum absolute atomic E-state index is 2.24. The second-order valence-electron chi connectivity index (χ2n) is 4.94. The van der Waals surface area contributed by atoms with E-state index in [1.165, 1.54) is 15.9 Å². The Kier molecular flexibility index (Phi) is 8.75. The summed E-state index contributed by atoms with van der Waals surface area (Å²) < 4.78 is 4.47. The number of rotatable bonds is 3. The molecule has 24 heavy (non-hydrogen) atoms. The smallest absolute Gasteiger partial charge is 0.0620 e. The van der Waals surface area contributed by atoms with Gasteiger partial charge in [0, 0.05) is 0 Å². The van der Waals surface area contributed by atoms with Crippen molar-refractivity contribution in [1.82, 2.24) is 0 Å². The molecule has 0 aliphatic carbocycles. The molecule has 0 atom stereocenters. The van der Waals surface area contributed by atoms with Crippen LogP contribution in [0.3, 0.4) is 0 Å². The Morgan fingerprint density at radius 3 is 1.04 bits per heavy atom. The monoisotopic (exact) mass is 514 g/mol. The fourth-order valence-electron chi connectivity index (χ4n) is 2.42. The van der Waals surface area contributed by atoms with Gasteiger partial charge in [0.2, 0.25) is 0 Å². The van der Waals surface area contributed by atoms with Gasteiger partial charge in [0.05, 0.1) is 7.92 Å². The molecular formula is C22H24PPt+. The maximum Gasteiger partial charge on any atom is 0.102 e. The Hall–Kier alpha value is -1.48. The van der Waals surface area contributed by atoms with Crippen LogP contribution in [-0.2, 0) is 17.6 Å². The topological polar surface area (TPSA) is 0 Å². The molecule has 0 aliphatic heterocycles. The van der Waals surface area contributed by atoms with Crippen molar-refractivity contribution in [3.63, 3.8) is 0 Å². The molecule has 0 fully saturated rings. The molecule has 0 aromatic heterocycles. The van der Waals surface area contributed by atoms with Crippen LogP contribution in [0.1, 0.15) is 13.8 Å². The summed E-state index contributed by atoms with van der Waals surface area (Å²) in [5.41, 5.74) is 0. The quantitative estimate of drug-likeness (QED) is 0.466. The predicted octanol–water partition coefficient (Wildman–Crippen LogP) is 3.89. The van der Waals surface area contributed by atoms with Gasteiger partial charge in [-0.1, -0.05) is 54.6 Å². The summed E-state index contributed by atoms with van der Waals surface area (Å²) in [5, 5.41) is 4.31. The van der Waals surface area contributed by atoms with Gasteiger partial charge < -0.3 is 0 Å². The SMILES string of the molecule is C[CH]=[Pt]=[CH]C.c1ccc([PH+](c2ccccc2)c2ccccc2)cc1. The van der Waals surface area contributed by atoms with E-state index in [0.29, 0.717) is 17.6 Å². The van der Waals surface area contributed by atoms with Gasteiger partial charge in [-0.2, -0.15) is 0 Å². The molecule has 3 rings (SSSR count). The standard InChI is InChI=1S/C18H15P.2C2H4.Pt/c1-4-10-16(11-5-1)19(17-12-6-2-7-13-17)18-14-8-3-9-15-18;2*1-2;/h1-15H;2*1H,2H3;/p+1. The molecule has 0 bridgehead atoms. The van der Waals surface area contributed by atoms with Crippen LogP contribution in [-0.4, -0.2) is 8.80 Å². The molecule has 0 spiro atoms. The first-order chi connectivity index (χ1) is 11.9. The van der Waals surface area contributed by atoms with Crippen molar-refractivity contribution in [1.29, 1.82) is 0 Å². The second kappa shape index (κ2) is 11.1. The van der Waals surface area contributed by atoms with Crippen molar-refractivity contribution >= 4 is 32.6 Å². The van der Waals surface area contributed by atoms with E-state index in [9.17, 15) is 0 Å². The zero-order valence-electron chi connectivity index (χ0n) is 14.1. The van der Waals surface area contributed by atoms with E-state index in [1.807, 2.05) is 0 Å². The van der Waals surface area contributed by atoms with Crippen LogP contribution >= 0.6 is 7.92 Å². The minimum atomic E-state index is -0.877. The summed E-state index contributed by atoms with van der Waals surface area (Å²) in [6.07, 6.45) is 0. The molecule has 0 unspecified atom stereocenters. The predicted molar refractivity (Wildman–Crippen MR) is 110 cm³/mol. The van der Waals surface area contributed by atoms with Gasteiger partial charge >= 0.3 is 40.3 Å². The molecule has 0 aliphatic rings. The summed E-state index contributed by atoms with van der Waals surface area (Å²) in [7, 11) is -0.877. The Morgan fingerprint density at radius 1 is 0.542 bits per heavy atom.